The molecule has 2 aromatic heterocycles. The zero-order valence-corrected chi connectivity index (χ0v) is 13.7. The van der Waals surface area contributed by atoms with Gasteiger partial charge in [-0.2, -0.15) is 0 Å². The number of aromatic nitrogens is 4. The summed E-state index contributed by atoms with van der Waals surface area (Å²) in [7, 11) is 0. The number of carbonyl (C=O) groups excluding carboxylic acids is 1. The molecule has 0 radical (unpaired) electrons. The fraction of sp³-hybridized carbons (Fsp3) is 0.500. The number of nitrogens with one attached hydrogen (secondary N) is 1. The van der Waals surface area contributed by atoms with Crippen LogP contribution in [0.25, 0.3) is 5.95 Å². The van der Waals surface area contributed by atoms with Crippen LogP contribution in [0.1, 0.15) is 30.1 Å². The second kappa shape index (κ2) is 6.45. The van der Waals surface area contributed by atoms with Gasteiger partial charge in [0, 0.05) is 24.8 Å². The molecule has 23 heavy (non-hydrogen) atoms. The highest BCUT2D eigenvalue weighted by atomic mass is 16.5. The Morgan fingerprint density at radius 2 is 1.87 bits per heavy atom. The normalized spacial score (nSPS) is 15.6. The van der Waals surface area contributed by atoms with Gasteiger partial charge in [0.05, 0.1) is 23.8 Å². The van der Waals surface area contributed by atoms with E-state index in [0.29, 0.717) is 24.8 Å². The maximum absolute atomic E-state index is 12.2. The van der Waals surface area contributed by atoms with Crippen LogP contribution < -0.4 is 5.32 Å². The van der Waals surface area contributed by atoms with Gasteiger partial charge in [-0.3, -0.25) is 9.36 Å². The van der Waals surface area contributed by atoms with Gasteiger partial charge in [-0.1, -0.05) is 0 Å². The van der Waals surface area contributed by atoms with E-state index in [0.717, 1.165) is 30.1 Å². The molecule has 0 bridgehead atoms. The lowest BCUT2D eigenvalue weighted by molar-refractivity contribution is -0.122. The molecule has 1 aliphatic heterocycles. The van der Waals surface area contributed by atoms with E-state index in [9.17, 15) is 4.79 Å². The van der Waals surface area contributed by atoms with E-state index in [2.05, 4.69) is 20.3 Å². The van der Waals surface area contributed by atoms with Crippen LogP contribution in [0.15, 0.2) is 12.4 Å². The van der Waals surface area contributed by atoms with Crippen molar-refractivity contribution in [2.75, 3.05) is 18.5 Å². The maximum Gasteiger partial charge on any atom is 0.235 e. The van der Waals surface area contributed by atoms with Gasteiger partial charge in [0.1, 0.15) is 5.82 Å². The summed E-state index contributed by atoms with van der Waals surface area (Å²) in [6, 6.07) is 0. The lowest BCUT2D eigenvalue weighted by Gasteiger charge is -2.21. The van der Waals surface area contributed by atoms with E-state index in [1.165, 1.54) is 0 Å². The van der Waals surface area contributed by atoms with Crippen molar-refractivity contribution in [2.45, 2.75) is 33.6 Å². The summed E-state index contributed by atoms with van der Waals surface area (Å²) in [5.41, 5.74) is 2.59. The van der Waals surface area contributed by atoms with Crippen molar-refractivity contribution >= 4 is 11.6 Å². The minimum Gasteiger partial charge on any atom is -0.381 e. The molecular weight excluding hydrogens is 294 g/mol. The first kappa shape index (κ1) is 15.6. The molecule has 1 fully saturated rings. The molecule has 0 spiro atoms. The first-order valence-electron chi connectivity index (χ1n) is 7.80. The number of imidazole rings is 1. The van der Waals surface area contributed by atoms with Gasteiger partial charge in [0.2, 0.25) is 11.9 Å². The van der Waals surface area contributed by atoms with Crippen LogP contribution >= 0.6 is 0 Å². The van der Waals surface area contributed by atoms with Gasteiger partial charge in [0.15, 0.2) is 0 Å². The average Bonchev–Trinajstić information content (AvgIpc) is 2.82. The van der Waals surface area contributed by atoms with Crippen LogP contribution in [-0.2, 0) is 9.53 Å². The molecule has 0 aliphatic carbocycles. The lowest BCUT2D eigenvalue weighted by Crippen LogP contribution is -2.28. The molecule has 7 nitrogen and oxygen atoms in total. The Balaban J connectivity index is 1.73. The molecule has 3 heterocycles. The van der Waals surface area contributed by atoms with Gasteiger partial charge >= 0.3 is 0 Å². The second-order valence-corrected chi connectivity index (χ2v) is 5.81. The molecule has 0 saturated carbocycles. The fourth-order valence-electron chi connectivity index (χ4n) is 2.78. The summed E-state index contributed by atoms with van der Waals surface area (Å²) in [6.45, 7) is 7.16. The molecule has 3 rings (SSSR count). The number of nitrogens with zero attached hydrogens (tertiary/aromatic N) is 4. The van der Waals surface area contributed by atoms with Gasteiger partial charge < -0.3 is 10.1 Å². The van der Waals surface area contributed by atoms with E-state index in [4.69, 9.17) is 4.74 Å². The number of carbonyl (C=O) groups is 1. The van der Waals surface area contributed by atoms with Gasteiger partial charge in [-0.05, 0) is 33.6 Å². The number of rotatable bonds is 3. The molecule has 0 unspecified atom stereocenters. The predicted molar refractivity (Wildman–Crippen MR) is 85.5 cm³/mol. The molecule has 1 saturated heterocycles. The highest BCUT2D eigenvalue weighted by molar-refractivity contribution is 5.92. The summed E-state index contributed by atoms with van der Waals surface area (Å²) < 4.78 is 7.18. The Kier molecular flexibility index (Phi) is 4.38. The van der Waals surface area contributed by atoms with Crippen molar-refractivity contribution in [3.05, 3.63) is 29.6 Å². The first-order chi connectivity index (χ1) is 11.1. The Labute approximate surface area is 135 Å². The van der Waals surface area contributed by atoms with E-state index >= 15 is 0 Å². The van der Waals surface area contributed by atoms with Crippen molar-refractivity contribution < 1.29 is 9.53 Å². The molecule has 1 N–H and O–H groups in total. The van der Waals surface area contributed by atoms with Crippen LogP contribution in [0.5, 0.6) is 0 Å². The zero-order valence-electron chi connectivity index (χ0n) is 13.7. The minimum absolute atomic E-state index is 0.00390. The Bertz CT molecular complexity index is 702. The third kappa shape index (κ3) is 3.24. The standard InChI is InChI=1S/C16H21N5O2/c1-10-11(2)21(12(3)19-10)16-17-8-14(9-18-16)20-15(22)13-4-6-23-7-5-13/h8-9,13H,4-7H2,1-3H3,(H,20,22). The van der Waals surface area contributed by atoms with Crippen molar-refractivity contribution in [2.24, 2.45) is 5.92 Å². The molecule has 0 aromatic carbocycles. The number of amides is 1. The maximum atomic E-state index is 12.2. The third-order valence-electron chi connectivity index (χ3n) is 4.21. The third-order valence-corrected chi connectivity index (χ3v) is 4.21. The van der Waals surface area contributed by atoms with Crippen molar-refractivity contribution in [3.63, 3.8) is 0 Å². The highest BCUT2D eigenvalue weighted by Gasteiger charge is 2.21. The molecule has 1 amide bonds. The summed E-state index contributed by atoms with van der Waals surface area (Å²) >= 11 is 0. The molecule has 1 aliphatic rings. The Morgan fingerprint density at radius 3 is 2.43 bits per heavy atom. The second-order valence-electron chi connectivity index (χ2n) is 5.81. The molecular formula is C16H21N5O2. The van der Waals surface area contributed by atoms with Crippen LogP contribution in [0.2, 0.25) is 0 Å². The SMILES string of the molecule is Cc1nc(C)n(-c2ncc(NC(=O)C3CCOCC3)cn2)c1C. The fourth-order valence-corrected chi connectivity index (χ4v) is 2.78. The average molecular weight is 315 g/mol. The number of anilines is 1. The topological polar surface area (TPSA) is 81.9 Å². The van der Waals surface area contributed by atoms with E-state index in [1.807, 2.05) is 25.3 Å². The number of ether oxygens (including phenoxy) is 1. The minimum atomic E-state index is 0.00390. The van der Waals surface area contributed by atoms with E-state index in [-0.39, 0.29) is 11.8 Å². The van der Waals surface area contributed by atoms with Crippen molar-refractivity contribution in [3.8, 4) is 5.95 Å². The Hall–Kier alpha value is -2.28. The molecule has 2 aromatic rings. The number of hydrogen-bond acceptors (Lipinski definition) is 5. The van der Waals surface area contributed by atoms with Gasteiger partial charge in [0.25, 0.3) is 0 Å². The molecule has 0 atom stereocenters. The smallest absolute Gasteiger partial charge is 0.235 e. The van der Waals surface area contributed by atoms with Crippen LogP contribution in [0.3, 0.4) is 0 Å². The van der Waals surface area contributed by atoms with E-state index in [1.54, 1.807) is 12.4 Å². The van der Waals surface area contributed by atoms with Crippen LogP contribution in [0.4, 0.5) is 5.69 Å². The summed E-state index contributed by atoms with van der Waals surface area (Å²) in [4.78, 5) is 25.3. The summed E-state index contributed by atoms with van der Waals surface area (Å²) in [5.74, 6) is 1.42. The molecule has 122 valence electrons. The zero-order chi connectivity index (χ0) is 16.4. The van der Waals surface area contributed by atoms with Crippen LogP contribution in [0, 0.1) is 26.7 Å². The predicted octanol–water partition coefficient (Wildman–Crippen LogP) is 1.95. The largest absolute Gasteiger partial charge is 0.381 e. The monoisotopic (exact) mass is 315 g/mol. The first-order valence-corrected chi connectivity index (χ1v) is 7.80. The molecule has 7 heteroatoms. The van der Waals surface area contributed by atoms with Crippen molar-refractivity contribution in [1.29, 1.82) is 0 Å². The number of hydrogen-bond donors (Lipinski definition) is 1. The van der Waals surface area contributed by atoms with Gasteiger partial charge in [-0.25, -0.2) is 15.0 Å². The van der Waals surface area contributed by atoms with Crippen molar-refractivity contribution in [1.82, 2.24) is 19.5 Å². The highest BCUT2D eigenvalue weighted by Crippen LogP contribution is 2.18. The lowest BCUT2D eigenvalue weighted by atomic mass is 9.99. The van der Waals surface area contributed by atoms with Gasteiger partial charge in [-0.15, -0.1) is 0 Å². The summed E-state index contributed by atoms with van der Waals surface area (Å²) in [5, 5.41) is 2.88. The summed E-state index contributed by atoms with van der Waals surface area (Å²) in [6.07, 6.45) is 4.79. The number of aryl methyl sites for hydroxylation is 2. The van der Waals surface area contributed by atoms with E-state index < -0.39 is 0 Å². The quantitative estimate of drug-likeness (QED) is 0.936. The Morgan fingerprint density at radius 1 is 1.22 bits per heavy atom. The van der Waals surface area contributed by atoms with Crippen LogP contribution in [-0.4, -0.2) is 38.6 Å².